The van der Waals surface area contributed by atoms with Crippen LogP contribution in [-0.4, -0.2) is 0 Å². The molecule has 0 aromatic heterocycles. The van der Waals surface area contributed by atoms with E-state index >= 15 is 0 Å². The largest absolute Gasteiger partial charge is 0.378 e. The van der Waals surface area contributed by atoms with Crippen molar-refractivity contribution in [3.05, 3.63) is 64.7 Å². The van der Waals surface area contributed by atoms with Crippen molar-refractivity contribution in [3.63, 3.8) is 0 Å². The van der Waals surface area contributed by atoms with Gasteiger partial charge in [-0.3, -0.25) is 0 Å². The van der Waals surface area contributed by atoms with Crippen LogP contribution in [0, 0.1) is 11.6 Å². The van der Waals surface area contributed by atoms with Gasteiger partial charge in [-0.15, -0.1) is 0 Å². The molecular formula is C18H19F2N. The van der Waals surface area contributed by atoms with E-state index in [2.05, 4.69) is 37.4 Å². The number of hydrogen-bond donors (Lipinski definition) is 1. The fourth-order valence-corrected chi connectivity index (χ4v) is 2.90. The van der Waals surface area contributed by atoms with E-state index in [-0.39, 0.29) is 6.04 Å². The van der Waals surface area contributed by atoms with Gasteiger partial charge in [0.1, 0.15) is 11.6 Å². The van der Waals surface area contributed by atoms with Crippen LogP contribution in [0.4, 0.5) is 14.5 Å². The first-order chi connectivity index (χ1) is 10.1. The number of nitrogens with one attached hydrogen (secondary N) is 1. The van der Waals surface area contributed by atoms with Crippen LogP contribution in [-0.2, 0) is 6.42 Å². The molecule has 3 rings (SSSR count). The molecule has 0 aliphatic carbocycles. The average molecular weight is 287 g/mol. The summed E-state index contributed by atoms with van der Waals surface area (Å²) >= 11 is 0. The third-order valence-electron chi connectivity index (χ3n) is 4.40. The molecule has 0 saturated carbocycles. The van der Waals surface area contributed by atoms with Gasteiger partial charge in [0.25, 0.3) is 0 Å². The number of fused-ring (bicyclic) bond motifs is 1. The molecule has 0 amide bonds. The molecule has 1 N–H and O–H groups in total. The van der Waals surface area contributed by atoms with Crippen molar-refractivity contribution in [1.29, 1.82) is 0 Å². The lowest BCUT2D eigenvalue weighted by molar-refractivity contribution is 0.563. The summed E-state index contributed by atoms with van der Waals surface area (Å²) in [4.78, 5) is 0. The topological polar surface area (TPSA) is 12.0 Å². The molecule has 1 aliphatic heterocycles. The van der Waals surface area contributed by atoms with Gasteiger partial charge >= 0.3 is 0 Å². The summed E-state index contributed by atoms with van der Waals surface area (Å²) in [6.07, 6.45) is 1.84. The molecule has 2 aromatic carbocycles. The van der Waals surface area contributed by atoms with E-state index in [1.165, 1.54) is 23.3 Å². The highest BCUT2D eigenvalue weighted by Crippen LogP contribution is 2.37. The molecule has 0 saturated heterocycles. The van der Waals surface area contributed by atoms with Crippen LogP contribution < -0.4 is 5.32 Å². The maximum absolute atomic E-state index is 13.9. The van der Waals surface area contributed by atoms with Gasteiger partial charge in [0, 0.05) is 17.3 Å². The van der Waals surface area contributed by atoms with Crippen LogP contribution >= 0.6 is 0 Å². The summed E-state index contributed by atoms with van der Waals surface area (Å²) in [6, 6.07) is 10.1. The summed E-state index contributed by atoms with van der Waals surface area (Å²) in [6.45, 7) is 4.38. The van der Waals surface area contributed by atoms with E-state index in [0.29, 0.717) is 11.5 Å². The third kappa shape index (κ3) is 2.65. The lowest BCUT2D eigenvalue weighted by atomic mass is 9.95. The van der Waals surface area contributed by atoms with Gasteiger partial charge in [0.05, 0.1) is 6.04 Å². The van der Waals surface area contributed by atoms with Crippen molar-refractivity contribution in [1.82, 2.24) is 0 Å². The second-order valence-electron chi connectivity index (χ2n) is 5.79. The van der Waals surface area contributed by atoms with Gasteiger partial charge in [-0.25, -0.2) is 8.78 Å². The highest BCUT2D eigenvalue weighted by molar-refractivity contribution is 5.59. The number of anilines is 1. The molecule has 2 unspecified atom stereocenters. The van der Waals surface area contributed by atoms with Crippen molar-refractivity contribution >= 4 is 5.69 Å². The molecule has 0 spiro atoms. The van der Waals surface area contributed by atoms with Crippen molar-refractivity contribution in [2.45, 2.75) is 38.6 Å². The van der Waals surface area contributed by atoms with Gasteiger partial charge in [-0.05, 0) is 42.0 Å². The fourth-order valence-electron chi connectivity index (χ4n) is 2.90. The maximum Gasteiger partial charge on any atom is 0.131 e. The second kappa shape index (κ2) is 5.47. The molecule has 2 atom stereocenters. The average Bonchev–Trinajstić information content (AvgIpc) is 2.88. The lowest BCUT2D eigenvalue weighted by Gasteiger charge is -2.12. The van der Waals surface area contributed by atoms with E-state index < -0.39 is 11.6 Å². The van der Waals surface area contributed by atoms with Gasteiger partial charge in [0.2, 0.25) is 0 Å². The number of benzene rings is 2. The predicted octanol–water partition coefficient (Wildman–Crippen LogP) is 5.19. The normalized spacial score (nSPS) is 18.2. The summed E-state index contributed by atoms with van der Waals surface area (Å²) < 4.78 is 26.9. The van der Waals surface area contributed by atoms with E-state index in [1.54, 1.807) is 0 Å². The van der Waals surface area contributed by atoms with Crippen LogP contribution in [0.3, 0.4) is 0 Å². The first kappa shape index (κ1) is 14.1. The summed E-state index contributed by atoms with van der Waals surface area (Å²) in [5.74, 6) is -0.495. The molecule has 3 heteroatoms. The first-order valence-corrected chi connectivity index (χ1v) is 7.42. The quantitative estimate of drug-likeness (QED) is 0.819. The van der Waals surface area contributed by atoms with Gasteiger partial charge < -0.3 is 5.32 Å². The molecule has 21 heavy (non-hydrogen) atoms. The minimum atomic E-state index is -0.536. The number of rotatable bonds is 3. The van der Waals surface area contributed by atoms with Crippen molar-refractivity contribution in [3.8, 4) is 0 Å². The molecular weight excluding hydrogens is 268 g/mol. The minimum absolute atomic E-state index is 0.118. The molecule has 1 nitrogen and oxygen atoms in total. The zero-order valence-electron chi connectivity index (χ0n) is 12.3. The Kier molecular flexibility index (Phi) is 3.66. The molecule has 110 valence electrons. The van der Waals surface area contributed by atoms with Crippen LogP contribution in [0.2, 0.25) is 0 Å². The van der Waals surface area contributed by atoms with Crippen LogP contribution in [0.25, 0.3) is 0 Å². The molecule has 2 aromatic rings. The van der Waals surface area contributed by atoms with Crippen LogP contribution in [0.15, 0.2) is 36.4 Å². The van der Waals surface area contributed by atoms with Crippen molar-refractivity contribution < 1.29 is 8.78 Å². The standard InChI is InChI=1S/C18H19F2N/c1-3-11(2)12-4-7-17-13(8-12)9-18(21-17)15-6-5-14(19)10-16(15)20/h4-8,10-11,18,21H,3,9H2,1-2H3. The Morgan fingerprint density at radius 3 is 2.71 bits per heavy atom. The summed E-state index contributed by atoms with van der Waals surface area (Å²) in [7, 11) is 0. The predicted molar refractivity (Wildman–Crippen MR) is 81.6 cm³/mol. The van der Waals surface area contributed by atoms with E-state index in [1.807, 2.05) is 0 Å². The smallest absolute Gasteiger partial charge is 0.131 e. The zero-order valence-corrected chi connectivity index (χ0v) is 12.3. The first-order valence-electron chi connectivity index (χ1n) is 7.42. The molecule has 0 fully saturated rings. The number of hydrogen-bond acceptors (Lipinski definition) is 1. The third-order valence-corrected chi connectivity index (χ3v) is 4.40. The molecule has 1 heterocycles. The maximum atomic E-state index is 13.9. The number of halogens is 2. The SMILES string of the molecule is CCC(C)c1ccc2c(c1)CC(c1ccc(F)cc1F)N2. The van der Waals surface area contributed by atoms with E-state index in [9.17, 15) is 8.78 Å². The Balaban J connectivity index is 1.87. The Labute approximate surface area is 124 Å². The minimum Gasteiger partial charge on any atom is -0.378 e. The Hall–Kier alpha value is -1.90. The molecule has 1 aliphatic rings. The van der Waals surface area contributed by atoms with Crippen LogP contribution in [0.5, 0.6) is 0 Å². The van der Waals surface area contributed by atoms with E-state index in [0.717, 1.165) is 24.6 Å². The Morgan fingerprint density at radius 1 is 1.19 bits per heavy atom. The van der Waals surface area contributed by atoms with Gasteiger partial charge in [-0.2, -0.15) is 0 Å². The van der Waals surface area contributed by atoms with Gasteiger partial charge in [-0.1, -0.05) is 32.0 Å². The summed E-state index contributed by atoms with van der Waals surface area (Å²) in [5, 5.41) is 3.33. The highest BCUT2D eigenvalue weighted by Gasteiger charge is 2.25. The molecule has 0 bridgehead atoms. The fraction of sp³-hybridized carbons (Fsp3) is 0.333. The lowest BCUT2D eigenvalue weighted by Crippen LogP contribution is -2.08. The second-order valence-corrected chi connectivity index (χ2v) is 5.79. The van der Waals surface area contributed by atoms with Crippen LogP contribution in [0.1, 0.15) is 48.9 Å². The van der Waals surface area contributed by atoms with E-state index in [4.69, 9.17) is 0 Å². The highest BCUT2D eigenvalue weighted by atomic mass is 19.1. The van der Waals surface area contributed by atoms with Crippen molar-refractivity contribution in [2.75, 3.05) is 5.32 Å². The van der Waals surface area contributed by atoms with Gasteiger partial charge in [0.15, 0.2) is 0 Å². The van der Waals surface area contributed by atoms with Crippen molar-refractivity contribution in [2.24, 2.45) is 0 Å². The summed E-state index contributed by atoms with van der Waals surface area (Å²) in [5.41, 5.74) is 4.10. The Morgan fingerprint density at radius 2 is 2.00 bits per heavy atom. The Bertz CT molecular complexity index is 666. The molecule has 0 radical (unpaired) electrons. The zero-order chi connectivity index (χ0) is 15.0. The monoisotopic (exact) mass is 287 g/mol.